The standard InChI is InChI=1S/C21H37NO4/c1-13(2)11-14(3)18(23)25-15(4)26-19(24)22(8)21(7)17-10-9-16(12-17)20(21,5)6/h13-17H,9-12H2,1-8H3. The monoisotopic (exact) mass is 367 g/mol. The highest BCUT2D eigenvalue weighted by molar-refractivity contribution is 5.73. The first-order chi connectivity index (χ1) is 11.9. The van der Waals surface area contributed by atoms with Gasteiger partial charge in [0.05, 0.1) is 11.5 Å². The predicted molar refractivity (Wildman–Crippen MR) is 101 cm³/mol. The fraction of sp³-hybridized carbons (Fsp3) is 0.905. The molecule has 0 radical (unpaired) electrons. The van der Waals surface area contributed by atoms with Crippen molar-refractivity contribution in [3.8, 4) is 0 Å². The molecule has 0 N–H and O–H groups in total. The van der Waals surface area contributed by atoms with Crippen LogP contribution in [0.5, 0.6) is 0 Å². The number of hydrogen-bond donors (Lipinski definition) is 0. The summed E-state index contributed by atoms with van der Waals surface area (Å²) in [5.41, 5.74) is -0.183. The zero-order valence-corrected chi connectivity index (χ0v) is 17.8. The summed E-state index contributed by atoms with van der Waals surface area (Å²) in [6.45, 7) is 14.3. The number of amides is 1. The van der Waals surface area contributed by atoms with Crippen molar-refractivity contribution in [2.24, 2.45) is 29.1 Å². The number of fused-ring (bicyclic) bond motifs is 2. The van der Waals surface area contributed by atoms with E-state index in [1.54, 1.807) is 11.8 Å². The molecule has 150 valence electrons. The van der Waals surface area contributed by atoms with Gasteiger partial charge in [0.1, 0.15) is 0 Å². The van der Waals surface area contributed by atoms with Gasteiger partial charge in [-0.2, -0.15) is 0 Å². The van der Waals surface area contributed by atoms with E-state index in [2.05, 4.69) is 34.6 Å². The van der Waals surface area contributed by atoms with Crippen molar-refractivity contribution < 1.29 is 19.1 Å². The van der Waals surface area contributed by atoms with Gasteiger partial charge in [-0.3, -0.25) is 4.79 Å². The summed E-state index contributed by atoms with van der Waals surface area (Å²) in [6.07, 6.45) is 3.06. The van der Waals surface area contributed by atoms with Crippen LogP contribution in [0.1, 0.15) is 74.1 Å². The molecule has 2 rings (SSSR count). The minimum atomic E-state index is -0.877. The molecule has 0 heterocycles. The molecule has 2 fully saturated rings. The van der Waals surface area contributed by atoms with E-state index < -0.39 is 12.4 Å². The quantitative estimate of drug-likeness (QED) is 0.498. The van der Waals surface area contributed by atoms with Gasteiger partial charge in [0, 0.05) is 14.0 Å². The summed E-state index contributed by atoms with van der Waals surface area (Å²) in [5.74, 6) is 1.06. The maximum atomic E-state index is 12.8. The van der Waals surface area contributed by atoms with Crippen LogP contribution in [0.3, 0.4) is 0 Å². The summed E-state index contributed by atoms with van der Waals surface area (Å²) in [4.78, 5) is 26.6. The lowest BCUT2D eigenvalue weighted by molar-refractivity contribution is -0.172. The van der Waals surface area contributed by atoms with Gasteiger partial charge >= 0.3 is 12.1 Å². The number of carbonyl (C=O) groups is 2. The lowest BCUT2D eigenvalue weighted by Crippen LogP contribution is -2.60. The van der Waals surface area contributed by atoms with Crippen LogP contribution in [0.25, 0.3) is 0 Å². The molecule has 26 heavy (non-hydrogen) atoms. The first-order valence-electron chi connectivity index (χ1n) is 10.1. The normalized spacial score (nSPS) is 31.6. The number of ether oxygens (including phenoxy) is 2. The van der Waals surface area contributed by atoms with Crippen LogP contribution in [-0.4, -0.2) is 35.8 Å². The van der Waals surface area contributed by atoms with Gasteiger partial charge in [-0.1, -0.05) is 34.6 Å². The molecular weight excluding hydrogens is 330 g/mol. The van der Waals surface area contributed by atoms with Crippen LogP contribution in [0.15, 0.2) is 0 Å². The average Bonchev–Trinajstić information content (AvgIpc) is 3.08. The van der Waals surface area contributed by atoms with E-state index in [1.807, 2.05) is 14.0 Å². The summed E-state index contributed by atoms with van der Waals surface area (Å²) >= 11 is 0. The number of hydrogen-bond acceptors (Lipinski definition) is 4. The number of rotatable bonds is 6. The van der Waals surface area contributed by atoms with E-state index in [0.29, 0.717) is 17.8 Å². The summed E-state index contributed by atoms with van der Waals surface area (Å²) in [6, 6.07) is 0. The Morgan fingerprint density at radius 3 is 2.12 bits per heavy atom. The molecule has 2 saturated carbocycles. The highest BCUT2D eigenvalue weighted by Crippen LogP contribution is 2.63. The third-order valence-corrected chi connectivity index (χ3v) is 7.30. The zero-order chi connectivity index (χ0) is 19.9. The van der Waals surface area contributed by atoms with Crippen molar-refractivity contribution in [3.63, 3.8) is 0 Å². The molecule has 5 atom stereocenters. The fourth-order valence-electron chi connectivity index (χ4n) is 5.31. The summed E-state index contributed by atoms with van der Waals surface area (Å²) < 4.78 is 10.8. The number of carbonyl (C=O) groups excluding carboxylic acids is 2. The molecule has 5 heteroatoms. The number of esters is 1. The largest absolute Gasteiger partial charge is 0.425 e. The van der Waals surface area contributed by atoms with Crippen LogP contribution in [0.4, 0.5) is 4.79 Å². The third-order valence-electron chi connectivity index (χ3n) is 7.30. The molecule has 0 spiro atoms. The Kier molecular flexibility index (Phi) is 5.99. The molecule has 0 saturated heterocycles. The van der Waals surface area contributed by atoms with E-state index in [4.69, 9.17) is 9.47 Å². The molecule has 0 aromatic rings. The maximum absolute atomic E-state index is 12.8. The molecule has 2 aliphatic rings. The summed E-state index contributed by atoms with van der Waals surface area (Å²) in [7, 11) is 1.82. The number of nitrogens with zero attached hydrogens (tertiary/aromatic N) is 1. The first kappa shape index (κ1) is 21.0. The molecular formula is C21H37NO4. The molecule has 2 bridgehead atoms. The smallest absolute Gasteiger partial charge is 0.413 e. The van der Waals surface area contributed by atoms with Gasteiger partial charge in [-0.05, 0) is 55.8 Å². The highest BCUT2D eigenvalue weighted by Gasteiger charge is 2.63. The van der Waals surface area contributed by atoms with Gasteiger partial charge in [0.25, 0.3) is 0 Å². The molecule has 0 aromatic heterocycles. The van der Waals surface area contributed by atoms with Crippen molar-refractivity contribution in [2.75, 3.05) is 7.05 Å². The zero-order valence-electron chi connectivity index (χ0n) is 17.8. The van der Waals surface area contributed by atoms with Crippen molar-refractivity contribution in [3.05, 3.63) is 0 Å². The predicted octanol–water partition coefficient (Wildman–Crippen LogP) is 4.84. The van der Waals surface area contributed by atoms with Gasteiger partial charge in [-0.15, -0.1) is 0 Å². The highest BCUT2D eigenvalue weighted by atomic mass is 16.7. The van der Waals surface area contributed by atoms with Crippen LogP contribution in [0.2, 0.25) is 0 Å². The van der Waals surface area contributed by atoms with Crippen molar-refractivity contribution >= 4 is 12.1 Å². The Labute approximate surface area is 158 Å². The van der Waals surface area contributed by atoms with Gasteiger partial charge in [-0.25, -0.2) is 4.79 Å². The molecule has 2 aliphatic carbocycles. The minimum absolute atomic E-state index is 0.0510. The van der Waals surface area contributed by atoms with Crippen molar-refractivity contribution in [1.29, 1.82) is 0 Å². The topological polar surface area (TPSA) is 55.8 Å². The maximum Gasteiger partial charge on any atom is 0.413 e. The Bertz CT molecular complexity index is 544. The second-order valence-electron chi connectivity index (χ2n) is 9.55. The lowest BCUT2D eigenvalue weighted by atomic mass is 9.63. The molecule has 5 nitrogen and oxygen atoms in total. The fourth-order valence-corrected chi connectivity index (χ4v) is 5.31. The van der Waals surface area contributed by atoms with E-state index in [-0.39, 0.29) is 22.8 Å². The second-order valence-corrected chi connectivity index (χ2v) is 9.55. The Morgan fingerprint density at radius 1 is 1.04 bits per heavy atom. The SMILES string of the molecule is CC(C)CC(C)C(=O)OC(C)OC(=O)N(C)C1(C)C2CCC(C2)C1(C)C. The molecule has 5 unspecified atom stereocenters. The van der Waals surface area contributed by atoms with E-state index >= 15 is 0 Å². The van der Waals surface area contributed by atoms with Crippen LogP contribution < -0.4 is 0 Å². The van der Waals surface area contributed by atoms with Gasteiger partial charge in [0.15, 0.2) is 0 Å². The average molecular weight is 368 g/mol. The lowest BCUT2D eigenvalue weighted by Gasteiger charge is -2.52. The van der Waals surface area contributed by atoms with Crippen LogP contribution in [-0.2, 0) is 14.3 Å². The Hall–Kier alpha value is -1.26. The van der Waals surface area contributed by atoms with E-state index in [1.165, 1.54) is 19.3 Å². The third kappa shape index (κ3) is 3.59. The van der Waals surface area contributed by atoms with Crippen LogP contribution in [0, 0.1) is 29.1 Å². The molecule has 1 amide bonds. The van der Waals surface area contributed by atoms with Gasteiger partial charge < -0.3 is 14.4 Å². The first-order valence-corrected chi connectivity index (χ1v) is 10.1. The van der Waals surface area contributed by atoms with Gasteiger partial charge in [0.2, 0.25) is 6.29 Å². The van der Waals surface area contributed by atoms with E-state index in [0.717, 1.165) is 6.42 Å². The van der Waals surface area contributed by atoms with Crippen molar-refractivity contribution in [1.82, 2.24) is 4.90 Å². The summed E-state index contributed by atoms with van der Waals surface area (Å²) in [5, 5.41) is 0. The minimum Gasteiger partial charge on any atom is -0.425 e. The Balaban J connectivity index is 1.96. The second kappa shape index (κ2) is 7.40. The molecule has 0 aliphatic heterocycles. The molecule has 0 aromatic carbocycles. The Morgan fingerprint density at radius 2 is 1.62 bits per heavy atom. The van der Waals surface area contributed by atoms with Crippen molar-refractivity contribution in [2.45, 2.75) is 86.0 Å². The van der Waals surface area contributed by atoms with Crippen LogP contribution >= 0.6 is 0 Å². The van der Waals surface area contributed by atoms with E-state index in [9.17, 15) is 9.59 Å².